The van der Waals surface area contributed by atoms with Crippen LogP contribution in [0.1, 0.15) is 17.4 Å². The van der Waals surface area contributed by atoms with Gasteiger partial charge in [-0.15, -0.1) is 0 Å². The van der Waals surface area contributed by atoms with Crippen molar-refractivity contribution < 1.29 is 4.79 Å². The normalized spacial score (nSPS) is 18.2. The number of hydrogen-bond donors (Lipinski definition) is 1. The van der Waals surface area contributed by atoms with Gasteiger partial charge in [0.05, 0.1) is 6.42 Å². The van der Waals surface area contributed by atoms with E-state index in [9.17, 15) is 4.79 Å². The molecular weight excluding hydrogens is 335 g/mol. The van der Waals surface area contributed by atoms with Crippen LogP contribution in [0, 0.1) is 0 Å². The number of carbonyl (C=O) groups is 1. The number of nitrogens with one attached hydrogen (secondary N) is 1. The number of aryl methyl sites for hydroxylation is 1. The minimum Gasteiger partial charge on any atom is -0.336 e. The first-order valence-electron chi connectivity index (χ1n) is 7.47. The predicted molar refractivity (Wildman–Crippen MR) is 90.7 cm³/mol. The first-order valence-corrected chi connectivity index (χ1v) is 8.23. The number of piperazine rings is 1. The molecular formula is C16H18Cl2N4O. The molecule has 1 fully saturated rings. The van der Waals surface area contributed by atoms with Crippen LogP contribution in [0.5, 0.6) is 0 Å². The summed E-state index contributed by atoms with van der Waals surface area (Å²) in [6.45, 7) is 2.12. The third-order valence-electron chi connectivity index (χ3n) is 4.07. The Morgan fingerprint density at radius 2 is 2.26 bits per heavy atom. The molecule has 2 heterocycles. The maximum absolute atomic E-state index is 12.8. The predicted octanol–water partition coefficient (Wildman–Crippen LogP) is 2.44. The van der Waals surface area contributed by atoms with Crippen molar-refractivity contribution in [1.82, 2.24) is 19.8 Å². The van der Waals surface area contributed by atoms with E-state index < -0.39 is 0 Å². The fourth-order valence-electron chi connectivity index (χ4n) is 2.87. The standard InChI is InChI=1S/C16H18Cl2N4O/c1-21-6-5-20-16(21)14-10-19-4-7-22(14)15(23)9-11-8-12(17)2-3-13(11)18/h2-3,5-6,8,14,19H,4,7,9-10H2,1H3. The number of benzene rings is 1. The number of aromatic nitrogens is 2. The molecule has 1 amide bonds. The van der Waals surface area contributed by atoms with Crippen molar-refractivity contribution in [3.8, 4) is 0 Å². The zero-order valence-electron chi connectivity index (χ0n) is 12.8. The minimum absolute atomic E-state index is 0.0312. The quantitative estimate of drug-likeness (QED) is 0.922. The summed E-state index contributed by atoms with van der Waals surface area (Å²) in [5, 5.41) is 4.47. The Morgan fingerprint density at radius 1 is 1.43 bits per heavy atom. The molecule has 0 saturated carbocycles. The highest BCUT2D eigenvalue weighted by atomic mass is 35.5. The molecule has 1 N–H and O–H groups in total. The molecule has 0 spiro atoms. The molecule has 122 valence electrons. The molecule has 1 atom stereocenters. The topological polar surface area (TPSA) is 50.2 Å². The summed E-state index contributed by atoms with van der Waals surface area (Å²) >= 11 is 12.2. The molecule has 0 radical (unpaired) electrons. The average Bonchev–Trinajstić information content (AvgIpc) is 2.97. The second-order valence-electron chi connectivity index (χ2n) is 5.62. The largest absolute Gasteiger partial charge is 0.336 e. The fraction of sp³-hybridized carbons (Fsp3) is 0.375. The van der Waals surface area contributed by atoms with Gasteiger partial charge in [0.25, 0.3) is 0 Å². The summed E-state index contributed by atoms with van der Waals surface area (Å²) in [4.78, 5) is 19.1. The molecule has 0 aliphatic carbocycles. The molecule has 1 unspecified atom stereocenters. The van der Waals surface area contributed by atoms with Crippen molar-refractivity contribution >= 4 is 29.1 Å². The Labute approximate surface area is 145 Å². The third kappa shape index (κ3) is 3.52. The van der Waals surface area contributed by atoms with E-state index in [-0.39, 0.29) is 18.4 Å². The monoisotopic (exact) mass is 352 g/mol. The third-order valence-corrected chi connectivity index (χ3v) is 4.67. The SMILES string of the molecule is Cn1ccnc1C1CNCCN1C(=O)Cc1cc(Cl)ccc1Cl. The van der Waals surface area contributed by atoms with Crippen LogP contribution in [-0.2, 0) is 18.3 Å². The van der Waals surface area contributed by atoms with Gasteiger partial charge in [-0.2, -0.15) is 0 Å². The van der Waals surface area contributed by atoms with Crippen LogP contribution in [0.3, 0.4) is 0 Å². The van der Waals surface area contributed by atoms with Crippen molar-refractivity contribution in [2.75, 3.05) is 19.6 Å². The number of imidazole rings is 1. The first-order chi connectivity index (χ1) is 11.1. The molecule has 1 aromatic heterocycles. The van der Waals surface area contributed by atoms with Gasteiger partial charge in [0, 0.05) is 49.1 Å². The van der Waals surface area contributed by atoms with Gasteiger partial charge in [-0.3, -0.25) is 4.79 Å². The Bertz CT molecular complexity index is 716. The summed E-state index contributed by atoms with van der Waals surface area (Å²) in [6, 6.07) is 5.12. The van der Waals surface area contributed by atoms with Crippen molar-refractivity contribution in [3.63, 3.8) is 0 Å². The molecule has 7 heteroatoms. The number of nitrogens with zero attached hydrogens (tertiary/aromatic N) is 3. The van der Waals surface area contributed by atoms with Crippen molar-refractivity contribution in [3.05, 3.63) is 52.0 Å². The van der Waals surface area contributed by atoms with Gasteiger partial charge in [-0.25, -0.2) is 4.98 Å². The number of rotatable bonds is 3. The second-order valence-corrected chi connectivity index (χ2v) is 6.46. The lowest BCUT2D eigenvalue weighted by Gasteiger charge is -2.36. The highest BCUT2D eigenvalue weighted by molar-refractivity contribution is 6.33. The van der Waals surface area contributed by atoms with E-state index in [2.05, 4.69) is 10.3 Å². The van der Waals surface area contributed by atoms with Gasteiger partial charge < -0.3 is 14.8 Å². The Balaban J connectivity index is 1.82. The van der Waals surface area contributed by atoms with Gasteiger partial charge in [-0.1, -0.05) is 23.2 Å². The van der Waals surface area contributed by atoms with Gasteiger partial charge >= 0.3 is 0 Å². The van der Waals surface area contributed by atoms with Crippen LogP contribution >= 0.6 is 23.2 Å². The summed E-state index contributed by atoms with van der Waals surface area (Å²) in [6.07, 6.45) is 3.88. The number of amides is 1. The van der Waals surface area contributed by atoms with E-state index in [1.165, 1.54) is 0 Å². The van der Waals surface area contributed by atoms with E-state index in [0.717, 1.165) is 17.9 Å². The van der Waals surface area contributed by atoms with Crippen LogP contribution in [0.4, 0.5) is 0 Å². The molecule has 1 saturated heterocycles. The van der Waals surface area contributed by atoms with E-state index in [1.807, 2.05) is 22.7 Å². The molecule has 1 aromatic carbocycles. The zero-order chi connectivity index (χ0) is 16.4. The maximum Gasteiger partial charge on any atom is 0.227 e. The Hall–Kier alpha value is -1.56. The lowest BCUT2D eigenvalue weighted by atomic mass is 10.1. The molecule has 23 heavy (non-hydrogen) atoms. The maximum atomic E-state index is 12.8. The highest BCUT2D eigenvalue weighted by Crippen LogP contribution is 2.25. The summed E-state index contributed by atoms with van der Waals surface area (Å²) in [7, 11) is 1.94. The molecule has 1 aliphatic rings. The van der Waals surface area contributed by atoms with Crippen molar-refractivity contribution in [1.29, 1.82) is 0 Å². The summed E-state index contributed by atoms with van der Waals surface area (Å²) < 4.78 is 1.95. The lowest BCUT2D eigenvalue weighted by Crippen LogP contribution is -2.49. The van der Waals surface area contributed by atoms with Gasteiger partial charge in [-0.05, 0) is 23.8 Å². The van der Waals surface area contributed by atoms with Crippen molar-refractivity contribution in [2.45, 2.75) is 12.5 Å². The Morgan fingerprint density at radius 3 is 3.00 bits per heavy atom. The molecule has 5 nitrogen and oxygen atoms in total. The summed E-state index contributed by atoms with van der Waals surface area (Å²) in [5.74, 6) is 0.909. The number of hydrogen-bond acceptors (Lipinski definition) is 3. The van der Waals surface area contributed by atoms with Gasteiger partial charge in [0.15, 0.2) is 0 Å². The van der Waals surface area contributed by atoms with Crippen LogP contribution < -0.4 is 5.32 Å². The van der Waals surface area contributed by atoms with Gasteiger partial charge in [0.2, 0.25) is 5.91 Å². The van der Waals surface area contributed by atoms with E-state index >= 15 is 0 Å². The number of halogens is 2. The highest BCUT2D eigenvalue weighted by Gasteiger charge is 2.30. The fourth-order valence-corrected chi connectivity index (χ4v) is 3.25. The molecule has 0 bridgehead atoms. The van der Waals surface area contributed by atoms with Crippen LogP contribution in [0.15, 0.2) is 30.6 Å². The Kier molecular flexibility index (Phi) is 4.90. The van der Waals surface area contributed by atoms with Crippen LogP contribution in [0.25, 0.3) is 0 Å². The van der Waals surface area contributed by atoms with Crippen LogP contribution in [0.2, 0.25) is 10.0 Å². The van der Waals surface area contributed by atoms with Crippen molar-refractivity contribution in [2.24, 2.45) is 7.05 Å². The zero-order valence-corrected chi connectivity index (χ0v) is 14.3. The molecule has 3 rings (SSSR count). The number of carbonyl (C=O) groups excluding carboxylic acids is 1. The van der Waals surface area contributed by atoms with E-state index in [1.54, 1.807) is 24.4 Å². The molecule has 1 aliphatic heterocycles. The average molecular weight is 353 g/mol. The smallest absolute Gasteiger partial charge is 0.227 e. The second kappa shape index (κ2) is 6.91. The van der Waals surface area contributed by atoms with E-state index in [4.69, 9.17) is 23.2 Å². The minimum atomic E-state index is -0.0748. The first kappa shape index (κ1) is 16.3. The van der Waals surface area contributed by atoms with Crippen LogP contribution in [-0.4, -0.2) is 40.0 Å². The van der Waals surface area contributed by atoms with Gasteiger partial charge in [0.1, 0.15) is 11.9 Å². The lowest BCUT2D eigenvalue weighted by molar-refractivity contribution is -0.134. The van der Waals surface area contributed by atoms with E-state index in [0.29, 0.717) is 23.1 Å². The summed E-state index contributed by atoms with van der Waals surface area (Å²) in [5.41, 5.74) is 0.751. The molecule has 2 aromatic rings.